The third-order valence-corrected chi connectivity index (χ3v) is 4.10. The van der Waals surface area contributed by atoms with E-state index in [2.05, 4.69) is 32.0 Å². The molecule has 15 heavy (non-hydrogen) atoms. The number of anilines is 1. The van der Waals surface area contributed by atoms with Crippen LogP contribution in [0.15, 0.2) is 15.9 Å². The first-order valence-corrected chi connectivity index (χ1v) is 6.11. The number of nitrogens with zero attached hydrogens (tertiary/aromatic N) is 2. The number of rotatable bonds is 1. The van der Waals surface area contributed by atoms with Crippen molar-refractivity contribution in [3.05, 3.63) is 27.2 Å². The maximum atomic E-state index is 5.78. The molecule has 2 rings (SSSR count). The van der Waals surface area contributed by atoms with E-state index in [1.807, 2.05) is 19.2 Å². The highest BCUT2D eigenvalue weighted by atomic mass is 79.9. The molecule has 0 aliphatic rings. The van der Waals surface area contributed by atoms with Crippen LogP contribution in [0.2, 0.25) is 0 Å². The molecule has 0 atom stereocenters. The predicted molar refractivity (Wildman–Crippen MR) is 66.9 cm³/mol. The van der Waals surface area contributed by atoms with Gasteiger partial charge in [-0.05, 0) is 46.8 Å². The summed E-state index contributed by atoms with van der Waals surface area (Å²) in [5.41, 5.74) is 7.83. The number of thiophene rings is 1. The summed E-state index contributed by atoms with van der Waals surface area (Å²) < 4.78 is 0.778. The Balaban J connectivity index is 2.60. The van der Waals surface area contributed by atoms with Gasteiger partial charge in [0.25, 0.3) is 0 Å². The van der Waals surface area contributed by atoms with Crippen LogP contribution in [0, 0.1) is 13.8 Å². The second-order valence-electron chi connectivity index (χ2n) is 3.26. The van der Waals surface area contributed by atoms with Crippen molar-refractivity contribution in [2.75, 3.05) is 5.73 Å². The molecule has 0 aliphatic heterocycles. The Labute approximate surface area is 101 Å². The molecular weight excluding hydrogens is 274 g/mol. The number of aromatic nitrogens is 2. The fourth-order valence-corrected chi connectivity index (χ4v) is 2.32. The van der Waals surface area contributed by atoms with Gasteiger partial charge in [0.15, 0.2) is 5.82 Å². The fraction of sp³-hybridized carbons (Fsp3) is 0.200. The van der Waals surface area contributed by atoms with Crippen molar-refractivity contribution in [3.8, 4) is 10.7 Å². The zero-order chi connectivity index (χ0) is 11.0. The van der Waals surface area contributed by atoms with Crippen LogP contribution in [-0.2, 0) is 0 Å². The van der Waals surface area contributed by atoms with Crippen molar-refractivity contribution in [2.24, 2.45) is 0 Å². The summed E-state index contributed by atoms with van der Waals surface area (Å²) >= 11 is 4.98. The van der Waals surface area contributed by atoms with Gasteiger partial charge in [0.1, 0.15) is 5.82 Å². The van der Waals surface area contributed by atoms with E-state index in [4.69, 9.17) is 5.73 Å². The monoisotopic (exact) mass is 283 g/mol. The highest BCUT2D eigenvalue weighted by Crippen LogP contribution is 2.29. The molecule has 2 aromatic rings. The average molecular weight is 284 g/mol. The predicted octanol–water partition coefficient (Wildman–Crippen LogP) is 3.17. The van der Waals surface area contributed by atoms with Gasteiger partial charge in [0.05, 0.1) is 15.0 Å². The fourth-order valence-electron chi connectivity index (χ4n) is 1.28. The Morgan fingerprint density at radius 1 is 1.33 bits per heavy atom. The minimum absolute atomic E-state index is 0.491. The highest BCUT2D eigenvalue weighted by Gasteiger charge is 2.11. The van der Waals surface area contributed by atoms with Crippen LogP contribution in [0.25, 0.3) is 10.7 Å². The van der Waals surface area contributed by atoms with Crippen molar-refractivity contribution in [1.82, 2.24) is 9.97 Å². The lowest BCUT2D eigenvalue weighted by molar-refractivity contribution is 1.10. The van der Waals surface area contributed by atoms with E-state index >= 15 is 0 Å². The Hall–Kier alpha value is -0.940. The van der Waals surface area contributed by atoms with Crippen LogP contribution < -0.4 is 5.73 Å². The first-order valence-electron chi connectivity index (χ1n) is 4.43. The molecule has 0 amide bonds. The van der Waals surface area contributed by atoms with Gasteiger partial charge in [0.2, 0.25) is 0 Å². The van der Waals surface area contributed by atoms with Crippen LogP contribution in [-0.4, -0.2) is 9.97 Å². The minimum atomic E-state index is 0.491. The van der Waals surface area contributed by atoms with E-state index < -0.39 is 0 Å². The smallest absolute Gasteiger partial charge is 0.172 e. The second kappa shape index (κ2) is 3.90. The summed E-state index contributed by atoms with van der Waals surface area (Å²) in [4.78, 5) is 9.76. The number of nitrogens with two attached hydrogens (primary N) is 1. The van der Waals surface area contributed by atoms with E-state index in [0.717, 1.165) is 15.0 Å². The zero-order valence-electron chi connectivity index (χ0n) is 8.41. The maximum Gasteiger partial charge on any atom is 0.172 e. The normalized spacial score (nSPS) is 10.6. The van der Waals surface area contributed by atoms with E-state index in [1.165, 1.54) is 5.56 Å². The molecule has 0 aliphatic carbocycles. The Morgan fingerprint density at radius 2 is 2.07 bits per heavy atom. The average Bonchev–Trinajstić information content (AvgIpc) is 2.60. The molecule has 0 aromatic carbocycles. The van der Waals surface area contributed by atoms with Gasteiger partial charge in [-0.1, -0.05) is 0 Å². The Morgan fingerprint density at radius 3 is 2.60 bits per heavy atom. The topological polar surface area (TPSA) is 51.8 Å². The van der Waals surface area contributed by atoms with Crippen molar-refractivity contribution in [3.63, 3.8) is 0 Å². The van der Waals surface area contributed by atoms with Gasteiger partial charge >= 0.3 is 0 Å². The quantitative estimate of drug-likeness (QED) is 0.875. The molecule has 3 nitrogen and oxygen atoms in total. The molecule has 0 spiro atoms. The van der Waals surface area contributed by atoms with E-state index in [0.29, 0.717) is 11.6 Å². The van der Waals surface area contributed by atoms with Crippen molar-refractivity contribution < 1.29 is 0 Å². The van der Waals surface area contributed by atoms with Gasteiger partial charge in [-0.25, -0.2) is 9.97 Å². The molecule has 0 fully saturated rings. The highest BCUT2D eigenvalue weighted by molar-refractivity contribution is 9.10. The lowest BCUT2D eigenvalue weighted by Gasteiger charge is -2.04. The zero-order valence-corrected chi connectivity index (χ0v) is 10.8. The van der Waals surface area contributed by atoms with E-state index in [-0.39, 0.29) is 0 Å². The first kappa shape index (κ1) is 10.6. The molecule has 0 radical (unpaired) electrons. The van der Waals surface area contributed by atoms with Crippen LogP contribution in [0.4, 0.5) is 5.82 Å². The summed E-state index contributed by atoms with van der Waals surface area (Å²) in [6.45, 7) is 3.96. The van der Waals surface area contributed by atoms with Crippen LogP contribution >= 0.6 is 27.3 Å². The minimum Gasteiger partial charge on any atom is -0.383 e. The maximum absolute atomic E-state index is 5.78. The van der Waals surface area contributed by atoms with Gasteiger partial charge < -0.3 is 5.73 Å². The molecule has 0 unspecified atom stereocenters. The SMILES string of the molecule is Cc1ccsc1-c1nc(C)c(Br)c(N)n1. The van der Waals surface area contributed by atoms with Crippen LogP contribution in [0.5, 0.6) is 0 Å². The Kier molecular flexibility index (Phi) is 2.75. The summed E-state index contributed by atoms with van der Waals surface area (Å²) in [6, 6.07) is 2.05. The molecule has 2 aromatic heterocycles. The van der Waals surface area contributed by atoms with Gasteiger partial charge in [0, 0.05) is 0 Å². The van der Waals surface area contributed by atoms with E-state index in [1.54, 1.807) is 11.3 Å². The van der Waals surface area contributed by atoms with Crippen molar-refractivity contribution in [2.45, 2.75) is 13.8 Å². The number of aryl methyl sites for hydroxylation is 2. The molecule has 0 saturated carbocycles. The molecule has 2 heterocycles. The third-order valence-electron chi connectivity index (χ3n) is 2.11. The standard InChI is InChI=1S/C10H10BrN3S/c1-5-3-4-15-8(5)10-13-6(2)7(11)9(12)14-10/h3-4H,1-2H3,(H2,12,13,14). The van der Waals surface area contributed by atoms with Crippen LogP contribution in [0.3, 0.4) is 0 Å². The molecule has 0 saturated heterocycles. The second-order valence-corrected chi connectivity index (χ2v) is 4.97. The van der Waals surface area contributed by atoms with E-state index in [9.17, 15) is 0 Å². The number of nitrogen functional groups attached to an aromatic ring is 1. The van der Waals surface area contributed by atoms with Crippen molar-refractivity contribution >= 4 is 33.1 Å². The summed E-state index contributed by atoms with van der Waals surface area (Å²) in [6.07, 6.45) is 0. The third kappa shape index (κ3) is 1.89. The lowest BCUT2D eigenvalue weighted by Crippen LogP contribution is -1.99. The summed E-state index contributed by atoms with van der Waals surface area (Å²) in [5.74, 6) is 1.20. The molecule has 2 N–H and O–H groups in total. The lowest BCUT2D eigenvalue weighted by atomic mass is 10.3. The van der Waals surface area contributed by atoms with Crippen LogP contribution in [0.1, 0.15) is 11.3 Å². The molecule has 0 bridgehead atoms. The summed E-state index contributed by atoms with van der Waals surface area (Å²) in [7, 11) is 0. The number of hydrogen-bond donors (Lipinski definition) is 1. The van der Waals surface area contributed by atoms with Gasteiger partial charge in [-0.3, -0.25) is 0 Å². The van der Waals surface area contributed by atoms with Crippen molar-refractivity contribution in [1.29, 1.82) is 0 Å². The van der Waals surface area contributed by atoms with Gasteiger partial charge in [-0.15, -0.1) is 11.3 Å². The molecular formula is C10H10BrN3S. The molecule has 5 heteroatoms. The largest absolute Gasteiger partial charge is 0.383 e. The first-order chi connectivity index (χ1) is 7.09. The molecule has 78 valence electrons. The number of halogens is 1. The number of hydrogen-bond acceptors (Lipinski definition) is 4. The summed E-state index contributed by atoms with van der Waals surface area (Å²) in [5, 5.41) is 2.03. The van der Waals surface area contributed by atoms with Gasteiger partial charge in [-0.2, -0.15) is 0 Å². The Bertz CT molecular complexity index is 484.